The summed E-state index contributed by atoms with van der Waals surface area (Å²) in [5.41, 5.74) is 1.97. The number of amides is 1. The van der Waals surface area contributed by atoms with Crippen molar-refractivity contribution < 1.29 is 4.79 Å². The lowest BCUT2D eigenvalue weighted by Gasteiger charge is -2.16. The Kier molecular flexibility index (Phi) is 4.75. The van der Waals surface area contributed by atoms with Gasteiger partial charge in [-0.1, -0.05) is 60.3 Å². The minimum Gasteiger partial charge on any atom is -0.285 e. The number of aromatic nitrogens is 1. The van der Waals surface area contributed by atoms with Gasteiger partial charge in [0.15, 0.2) is 5.17 Å². The molecule has 1 aromatic heterocycles. The molecule has 128 valence electrons. The monoisotopic (exact) mass is 360 g/mol. The predicted octanol–water partition coefficient (Wildman–Crippen LogP) is 3.70. The van der Waals surface area contributed by atoms with Crippen molar-refractivity contribution in [2.45, 2.75) is 6.54 Å². The largest absolute Gasteiger partial charge is 0.285 e. The van der Waals surface area contributed by atoms with E-state index >= 15 is 0 Å². The lowest BCUT2D eigenvalue weighted by molar-refractivity contribution is -0.124. The Hall–Kier alpha value is -2.99. The van der Waals surface area contributed by atoms with Crippen molar-refractivity contribution >= 4 is 39.8 Å². The van der Waals surface area contributed by atoms with Gasteiger partial charge in [-0.05, 0) is 22.4 Å². The maximum Gasteiger partial charge on any atom is 0.239 e. The van der Waals surface area contributed by atoms with Crippen LogP contribution in [0.3, 0.4) is 0 Å². The van der Waals surface area contributed by atoms with Gasteiger partial charge in [-0.3, -0.25) is 14.7 Å². The highest BCUT2D eigenvalue weighted by Crippen LogP contribution is 2.25. The third kappa shape index (κ3) is 3.50. The zero-order valence-corrected chi connectivity index (χ0v) is 14.8. The first-order chi connectivity index (χ1) is 12.8. The number of hydrogen-bond donors (Lipinski definition) is 0. The van der Waals surface area contributed by atoms with Gasteiger partial charge in [-0.15, -0.1) is 5.10 Å². The Bertz CT molecular complexity index is 996. The Morgan fingerprint density at radius 2 is 2.00 bits per heavy atom. The van der Waals surface area contributed by atoms with E-state index in [1.165, 1.54) is 11.8 Å². The Morgan fingerprint density at radius 3 is 2.88 bits per heavy atom. The van der Waals surface area contributed by atoms with Gasteiger partial charge >= 0.3 is 0 Å². The molecule has 0 bridgehead atoms. The van der Waals surface area contributed by atoms with Crippen LogP contribution in [0.15, 0.2) is 77.2 Å². The number of benzene rings is 2. The quantitative estimate of drug-likeness (QED) is 0.526. The zero-order chi connectivity index (χ0) is 17.8. The lowest BCUT2D eigenvalue weighted by atomic mass is 10.0. The van der Waals surface area contributed by atoms with Crippen LogP contribution in [0.1, 0.15) is 11.1 Å². The molecule has 6 heteroatoms. The Balaban J connectivity index is 1.58. The van der Waals surface area contributed by atoms with E-state index in [0.717, 1.165) is 21.9 Å². The van der Waals surface area contributed by atoms with Crippen molar-refractivity contribution in [3.8, 4) is 0 Å². The third-order valence-corrected chi connectivity index (χ3v) is 5.05. The maximum absolute atomic E-state index is 12.3. The van der Waals surface area contributed by atoms with Gasteiger partial charge < -0.3 is 0 Å². The van der Waals surface area contributed by atoms with Crippen LogP contribution in [0, 0.1) is 0 Å². The van der Waals surface area contributed by atoms with Gasteiger partial charge in [0.05, 0.1) is 18.5 Å². The average molecular weight is 360 g/mol. The lowest BCUT2D eigenvalue weighted by Crippen LogP contribution is -2.28. The number of carbonyl (C=O) groups is 1. The van der Waals surface area contributed by atoms with Crippen molar-refractivity contribution in [3.05, 3.63) is 78.1 Å². The molecule has 5 nitrogen and oxygen atoms in total. The standard InChI is InChI=1S/C20H16N4OS/c25-19-14-26-20(23-22-12-15-5-4-10-21-11-15)24(19)13-17-8-3-7-16-6-1-2-9-18(16)17/h1-12H,13-14H2/b22-12+,23-20-. The van der Waals surface area contributed by atoms with E-state index in [0.29, 0.717) is 17.5 Å². The molecule has 2 aromatic carbocycles. The summed E-state index contributed by atoms with van der Waals surface area (Å²) in [7, 11) is 0. The molecule has 0 saturated carbocycles. The van der Waals surface area contributed by atoms with Gasteiger partial charge in [0.2, 0.25) is 5.91 Å². The van der Waals surface area contributed by atoms with Gasteiger partial charge in [-0.25, -0.2) is 0 Å². The van der Waals surface area contributed by atoms with E-state index in [4.69, 9.17) is 0 Å². The number of pyridine rings is 1. The smallest absolute Gasteiger partial charge is 0.239 e. The molecule has 3 aromatic rings. The second kappa shape index (κ2) is 7.49. The summed E-state index contributed by atoms with van der Waals surface area (Å²) in [5.74, 6) is 0.449. The second-order valence-electron chi connectivity index (χ2n) is 5.82. The summed E-state index contributed by atoms with van der Waals surface area (Å²) in [6.45, 7) is 0.494. The third-order valence-electron chi connectivity index (χ3n) is 4.10. The first-order valence-corrected chi connectivity index (χ1v) is 9.21. The van der Waals surface area contributed by atoms with Crippen LogP contribution in [0.25, 0.3) is 10.8 Å². The molecule has 4 rings (SSSR count). The molecule has 2 heterocycles. The van der Waals surface area contributed by atoms with E-state index < -0.39 is 0 Å². The summed E-state index contributed by atoms with van der Waals surface area (Å²) >= 11 is 1.42. The molecule has 1 fully saturated rings. The summed E-state index contributed by atoms with van der Waals surface area (Å²) < 4.78 is 0. The fraction of sp³-hybridized carbons (Fsp3) is 0.100. The number of rotatable bonds is 4. The molecule has 1 aliphatic heterocycles. The number of amidine groups is 1. The zero-order valence-electron chi connectivity index (χ0n) is 13.9. The highest BCUT2D eigenvalue weighted by Gasteiger charge is 2.28. The highest BCUT2D eigenvalue weighted by molar-refractivity contribution is 8.15. The summed E-state index contributed by atoms with van der Waals surface area (Å²) in [6, 6.07) is 18.1. The average Bonchev–Trinajstić information content (AvgIpc) is 3.03. The van der Waals surface area contributed by atoms with Crippen molar-refractivity contribution in [2.24, 2.45) is 10.2 Å². The molecule has 0 aliphatic carbocycles. The van der Waals surface area contributed by atoms with Gasteiger partial charge in [0.1, 0.15) is 0 Å². The van der Waals surface area contributed by atoms with Crippen LogP contribution in [-0.4, -0.2) is 32.9 Å². The molecule has 0 radical (unpaired) electrons. The van der Waals surface area contributed by atoms with Gasteiger partial charge in [0.25, 0.3) is 0 Å². The van der Waals surface area contributed by atoms with Crippen LogP contribution in [0.5, 0.6) is 0 Å². The Labute approximate surface area is 155 Å². The summed E-state index contributed by atoms with van der Waals surface area (Å²) in [6.07, 6.45) is 5.06. The van der Waals surface area contributed by atoms with Crippen molar-refractivity contribution in [1.29, 1.82) is 0 Å². The molecule has 26 heavy (non-hydrogen) atoms. The number of hydrogen-bond acceptors (Lipinski definition) is 5. The van der Waals surface area contributed by atoms with E-state index in [1.807, 2.05) is 30.3 Å². The van der Waals surface area contributed by atoms with Gasteiger partial charge in [0, 0.05) is 18.0 Å². The first-order valence-electron chi connectivity index (χ1n) is 8.22. The van der Waals surface area contributed by atoms with Crippen molar-refractivity contribution in [2.75, 3.05) is 5.75 Å². The number of carbonyl (C=O) groups excluding carboxylic acids is 1. The van der Waals surface area contributed by atoms with Crippen molar-refractivity contribution in [3.63, 3.8) is 0 Å². The molecule has 1 amide bonds. The second-order valence-corrected chi connectivity index (χ2v) is 6.76. The minimum atomic E-state index is 0.0539. The molecule has 0 spiro atoms. The van der Waals surface area contributed by atoms with E-state index in [2.05, 4.69) is 39.5 Å². The number of nitrogens with zero attached hydrogens (tertiary/aromatic N) is 4. The highest BCUT2D eigenvalue weighted by atomic mass is 32.2. The van der Waals surface area contributed by atoms with Crippen LogP contribution < -0.4 is 0 Å². The molecule has 0 unspecified atom stereocenters. The van der Waals surface area contributed by atoms with Crippen LogP contribution in [0.4, 0.5) is 0 Å². The van der Waals surface area contributed by atoms with Gasteiger partial charge in [-0.2, -0.15) is 5.10 Å². The van der Waals surface area contributed by atoms with E-state index in [9.17, 15) is 4.79 Å². The minimum absolute atomic E-state index is 0.0539. The summed E-state index contributed by atoms with van der Waals surface area (Å²) in [4.78, 5) is 18.1. The number of thioether (sulfide) groups is 1. The maximum atomic E-state index is 12.3. The molecule has 1 saturated heterocycles. The molecular formula is C20H16N4OS. The van der Waals surface area contributed by atoms with E-state index in [-0.39, 0.29) is 5.91 Å². The van der Waals surface area contributed by atoms with Crippen LogP contribution >= 0.6 is 11.8 Å². The van der Waals surface area contributed by atoms with Crippen LogP contribution in [0.2, 0.25) is 0 Å². The van der Waals surface area contributed by atoms with Crippen LogP contribution in [-0.2, 0) is 11.3 Å². The molecule has 1 aliphatic rings. The Morgan fingerprint density at radius 1 is 1.12 bits per heavy atom. The molecular weight excluding hydrogens is 344 g/mol. The first kappa shape index (κ1) is 16.5. The molecule has 0 N–H and O–H groups in total. The topological polar surface area (TPSA) is 57.9 Å². The fourth-order valence-electron chi connectivity index (χ4n) is 2.83. The normalized spacial score (nSPS) is 16.2. The number of fused-ring (bicyclic) bond motifs is 1. The predicted molar refractivity (Wildman–Crippen MR) is 106 cm³/mol. The molecule has 0 atom stereocenters. The fourth-order valence-corrected chi connectivity index (χ4v) is 3.66. The van der Waals surface area contributed by atoms with Crippen molar-refractivity contribution in [1.82, 2.24) is 9.88 Å². The summed E-state index contributed by atoms with van der Waals surface area (Å²) in [5, 5.41) is 11.3. The SMILES string of the molecule is O=C1CS/C(=N\N=C\c2cccnc2)N1Cc1cccc2ccccc12. The van der Waals surface area contributed by atoms with E-state index in [1.54, 1.807) is 23.5 Å².